The lowest BCUT2D eigenvalue weighted by Crippen LogP contribution is -2.56. The lowest BCUT2D eigenvalue weighted by Gasteiger charge is -2.33. The summed E-state index contributed by atoms with van der Waals surface area (Å²) in [6.07, 6.45) is 0.452. The van der Waals surface area contributed by atoms with Gasteiger partial charge in [0.25, 0.3) is 0 Å². The van der Waals surface area contributed by atoms with E-state index >= 15 is 0 Å². The molecule has 0 saturated carbocycles. The van der Waals surface area contributed by atoms with Gasteiger partial charge in [0.15, 0.2) is 0 Å². The van der Waals surface area contributed by atoms with Crippen molar-refractivity contribution >= 4 is 59.1 Å². The van der Waals surface area contributed by atoms with Crippen LogP contribution >= 0.6 is 43.2 Å². The number of piperazine rings is 1. The molecule has 1 N–H and O–H groups in total. The first kappa shape index (κ1) is 15.4. The Balaban J connectivity index is 2.43. The summed E-state index contributed by atoms with van der Waals surface area (Å²) in [5.74, 6) is -0.234. The Bertz CT molecular complexity index is 600. The molecule has 1 amide bonds. The number of rotatable bonds is 3. The van der Waals surface area contributed by atoms with E-state index in [1.165, 1.54) is 15.6 Å². The van der Waals surface area contributed by atoms with E-state index in [0.717, 1.165) is 3.79 Å². The molecule has 1 aliphatic heterocycles. The first-order valence-corrected chi connectivity index (χ1v) is 9.46. The minimum atomic E-state index is -3.66. The highest BCUT2D eigenvalue weighted by molar-refractivity contribution is 9.12. The minimum Gasteiger partial charge on any atom is -0.353 e. The molecule has 0 aliphatic carbocycles. The number of thiophene rings is 1. The van der Waals surface area contributed by atoms with E-state index in [4.69, 9.17) is 0 Å². The zero-order valence-corrected chi connectivity index (χ0v) is 14.8. The molecule has 1 atom stereocenters. The Labute approximate surface area is 132 Å². The summed E-state index contributed by atoms with van der Waals surface area (Å²) in [7, 11) is -3.66. The summed E-state index contributed by atoms with van der Waals surface area (Å²) in [6, 6.07) is 0.924. The molecule has 5 nitrogen and oxygen atoms in total. The van der Waals surface area contributed by atoms with Crippen LogP contribution in [0.5, 0.6) is 0 Å². The van der Waals surface area contributed by atoms with Gasteiger partial charge in [0, 0.05) is 13.1 Å². The average Bonchev–Trinajstić information content (AvgIpc) is 2.68. The van der Waals surface area contributed by atoms with E-state index in [0.29, 0.717) is 23.3 Å². The molecule has 1 aromatic heterocycles. The van der Waals surface area contributed by atoms with Crippen molar-refractivity contribution in [3.63, 3.8) is 0 Å². The van der Waals surface area contributed by atoms with Crippen LogP contribution in [0.1, 0.15) is 13.3 Å². The Morgan fingerprint density at radius 2 is 2.21 bits per heavy atom. The summed E-state index contributed by atoms with van der Waals surface area (Å²) < 4.78 is 27.8. The monoisotopic (exact) mass is 430 g/mol. The van der Waals surface area contributed by atoms with Gasteiger partial charge >= 0.3 is 0 Å². The van der Waals surface area contributed by atoms with E-state index in [-0.39, 0.29) is 10.8 Å². The highest BCUT2D eigenvalue weighted by atomic mass is 79.9. The van der Waals surface area contributed by atoms with Crippen LogP contribution in [0, 0.1) is 0 Å². The number of halogens is 2. The van der Waals surface area contributed by atoms with Crippen molar-refractivity contribution in [1.29, 1.82) is 0 Å². The molecule has 106 valence electrons. The molecular formula is C10H12Br2N2O3S2. The van der Waals surface area contributed by atoms with Gasteiger partial charge in [-0.1, -0.05) is 6.92 Å². The predicted molar refractivity (Wildman–Crippen MR) is 80.7 cm³/mol. The smallest absolute Gasteiger partial charge is 0.245 e. The van der Waals surface area contributed by atoms with Crippen molar-refractivity contribution < 1.29 is 13.2 Å². The third kappa shape index (κ3) is 2.90. The van der Waals surface area contributed by atoms with Crippen LogP contribution in [0.25, 0.3) is 0 Å². The molecule has 1 aliphatic rings. The van der Waals surface area contributed by atoms with Crippen LogP contribution in [-0.4, -0.2) is 37.8 Å². The molecule has 1 unspecified atom stereocenters. The summed E-state index contributed by atoms with van der Waals surface area (Å²) in [5.41, 5.74) is 0. The molecule has 0 aromatic carbocycles. The van der Waals surface area contributed by atoms with Crippen molar-refractivity contribution in [2.45, 2.75) is 24.3 Å². The second-order valence-corrected chi connectivity index (χ2v) is 9.63. The number of carbonyl (C=O) groups is 1. The topological polar surface area (TPSA) is 66.5 Å². The molecule has 2 heterocycles. The molecule has 0 spiro atoms. The quantitative estimate of drug-likeness (QED) is 0.797. The first-order valence-electron chi connectivity index (χ1n) is 5.62. The largest absolute Gasteiger partial charge is 0.353 e. The fourth-order valence-corrected chi connectivity index (χ4v) is 7.42. The van der Waals surface area contributed by atoms with Crippen LogP contribution in [0.3, 0.4) is 0 Å². The predicted octanol–water partition coefficient (Wildman–Crippen LogP) is 2.17. The van der Waals surface area contributed by atoms with E-state index in [2.05, 4.69) is 37.2 Å². The number of nitrogens with one attached hydrogen (secondary N) is 1. The van der Waals surface area contributed by atoms with Crippen molar-refractivity contribution in [2.75, 3.05) is 13.1 Å². The molecule has 0 bridgehead atoms. The molecule has 19 heavy (non-hydrogen) atoms. The molecule has 2 rings (SSSR count). The SMILES string of the molecule is CCC1C(=O)NCCN1S(=O)(=O)c1cc(Br)sc1Br. The van der Waals surface area contributed by atoms with Crippen LogP contribution in [0.15, 0.2) is 18.5 Å². The van der Waals surface area contributed by atoms with Crippen LogP contribution in [0.4, 0.5) is 0 Å². The number of carbonyl (C=O) groups excluding carboxylic acids is 1. The molecule has 1 saturated heterocycles. The molecular weight excluding hydrogens is 420 g/mol. The zero-order valence-electron chi connectivity index (χ0n) is 10.0. The summed E-state index contributed by atoms with van der Waals surface area (Å²) in [6.45, 7) is 2.45. The van der Waals surface area contributed by atoms with Gasteiger partial charge in [-0.05, 0) is 44.3 Å². The molecule has 0 radical (unpaired) electrons. The number of hydrogen-bond acceptors (Lipinski definition) is 4. The minimum absolute atomic E-state index is 0.206. The maximum absolute atomic E-state index is 12.6. The summed E-state index contributed by atoms with van der Waals surface area (Å²) in [4.78, 5) is 12.0. The fraction of sp³-hybridized carbons (Fsp3) is 0.500. The number of amides is 1. The zero-order chi connectivity index (χ0) is 14.2. The highest BCUT2D eigenvalue weighted by Gasteiger charge is 2.38. The van der Waals surface area contributed by atoms with Gasteiger partial charge in [0.05, 0.1) is 7.57 Å². The average molecular weight is 432 g/mol. The highest BCUT2D eigenvalue weighted by Crippen LogP contribution is 2.37. The van der Waals surface area contributed by atoms with Crippen molar-refractivity contribution in [3.05, 3.63) is 13.6 Å². The number of nitrogens with zero attached hydrogens (tertiary/aromatic N) is 1. The van der Waals surface area contributed by atoms with Crippen LogP contribution < -0.4 is 5.32 Å². The van der Waals surface area contributed by atoms with Gasteiger partial charge in [-0.25, -0.2) is 8.42 Å². The second kappa shape index (κ2) is 5.80. The number of hydrogen-bond donors (Lipinski definition) is 1. The molecule has 1 aromatic rings. The van der Waals surface area contributed by atoms with Crippen molar-refractivity contribution in [3.8, 4) is 0 Å². The third-order valence-corrected chi connectivity index (χ3v) is 7.54. The van der Waals surface area contributed by atoms with Gasteiger partial charge in [-0.3, -0.25) is 4.79 Å². The van der Waals surface area contributed by atoms with Crippen LogP contribution in [0.2, 0.25) is 0 Å². The van der Waals surface area contributed by atoms with Gasteiger partial charge in [-0.2, -0.15) is 4.31 Å². The summed E-state index contributed by atoms with van der Waals surface area (Å²) >= 11 is 7.83. The number of sulfonamides is 1. The van der Waals surface area contributed by atoms with Crippen molar-refractivity contribution in [1.82, 2.24) is 9.62 Å². The van der Waals surface area contributed by atoms with E-state index in [1.54, 1.807) is 13.0 Å². The Morgan fingerprint density at radius 1 is 1.53 bits per heavy atom. The maximum atomic E-state index is 12.6. The second-order valence-electron chi connectivity index (χ2n) is 4.02. The summed E-state index contributed by atoms with van der Waals surface area (Å²) in [5, 5.41) is 2.69. The standard InChI is InChI=1S/C10H12Br2N2O3S2/c1-2-6-10(15)13-3-4-14(6)19(16,17)7-5-8(11)18-9(7)12/h5-6H,2-4H2,1H3,(H,13,15). The van der Waals surface area contributed by atoms with E-state index in [9.17, 15) is 13.2 Å². The lowest BCUT2D eigenvalue weighted by molar-refractivity contribution is -0.126. The first-order chi connectivity index (χ1) is 8.87. The van der Waals surface area contributed by atoms with Gasteiger partial charge in [0.1, 0.15) is 10.9 Å². The molecule has 1 fully saturated rings. The Morgan fingerprint density at radius 3 is 2.74 bits per heavy atom. The fourth-order valence-electron chi connectivity index (χ4n) is 2.00. The van der Waals surface area contributed by atoms with Crippen molar-refractivity contribution in [2.24, 2.45) is 0 Å². The van der Waals surface area contributed by atoms with Gasteiger partial charge < -0.3 is 5.32 Å². The maximum Gasteiger partial charge on any atom is 0.245 e. The molecule has 9 heteroatoms. The van der Waals surface area contributed by atoms with E-state index in [1.807, 2.05) is 0 Å². The van der Waals surface area contributed by atoms with Crippen LogP contribution in [-0.2, 0) is 14.8 Å². The Hall–Kier alpha value is 0.0400. The lowest BCUT2D eigenvalue weighted by atomic mass is 10.2. The van der Waals surface area contributed by atoms with Gasteiger partial charge in [-0.15, -0.1) is 11.3 Å². The third-order valence-electron chi connectivity index (χ3n) is 2.88. The van der Waals surface area contributed by atoms with Gasteiger partial charge in [0.2, 0.25) is 15.9 Å². The van der Waals surface area contributed by atoms with E-state index < -0.39 is 16.1 Å². The normalized spacial score (nSPS) is 21.4. The Kier molecular flexibility index (Phi) is 4.71.